The topological polar surface area (TPSA) is 66.8 Å². The fourth-order valence-electron chi connectivity index (χ4n) is 1.17. The summed E-state index contributed by atoms with van der Waals surface area (Å²) in [6.07, 6.45) is -0.365. The van der Waals surface area contributed by atoms with Crippen LogP contribution in [0.2, 0.25) is 0 Å². The molecular formula is C8H13NO4. The number of ether oxygens (including phenoxy) is 1. The Morgan fingerprint density at radius 1 is 1.62 bits per heavy atom. The lowest BCUT2D eigenvalue weighted by molar-refractivity contribution is -0.147. The minimum Gasteiger partial charge on any atom is -0.456 e. The van der Waals surface area contributed by atoms with Crippen LogP contribution in [0.15, 0.2) is 0 Å². The molecule has 0 bridgehead atoms. The van der Waals surface area contributed by atoms with E-state index in [0.29, 0.717) is 6.54 Å². The van der Waals surface area contributed by atoms with Gasteiger partial charge in [0.05, 0.1) is 12.5 Å². The zero-order valence-electron chi connectivity index (χ0n) is 7.52. The third kappa shape index (κ3) is 3.02. The molecule has 1 fully saturated rings. The smallest absolute Gasteiger partial charge is 0.308 e. The number of aliphatic hydroxyl groups is 1. The van der Waals surface area contributed by atoms with Gasteiger partial charge in [0.15, 0.2) is 6.61 Å². The second-order valence-electron chi connectivity index (χ2n) is 3.10. The van der Waals surface area contributed by atoms with E-state index < -0.39 is 6.10 Å². The molecule has 0 aromatic rings. The molecule has 1 aliphatic heterocycles. The summed E-state index contributed by atoms with van der Waals surface area (Å²) < 4.78 is 4.62. The fourth-order valence-corrected chi connectivity index (χ4v) is 1.17. The Bertz CT molecular complexity index is 214. The summed E-state index contributed by atoms with van der Waals surface area (Å²) in [5, 5.41) is 9.06. The highest BCUT2D eigenvalue weighted by molar-refractivity contribution is 5.83. The normalized spacial score (nSPS) is 20.9. The quantitative estimate of drug-likeness (QED) is 0.571. The van der Waals surface area contributed by atoms with Crippen molar-refractivity contribution in [2.24, 2.45) is 0 Å². The van der Waals surface area contributed by atoms with Crippen LogP contribution in [0.25, 0.3) is 0 Å². The van der Waals surface area contributed by atoms with Crippen LogP contribution >= 0.6 is 0 Å². The minimum atomic E-state index is -0.572. The van der Waals surface area contributed by atoms with Crippen LogP contribution in [-0.2, 0) is 14.3 Å². The van der Waals surface area contributed by atoms with Crippen molar-refractivity contribution in [1.82, 2.24) is 4.90 Å². The van der Waals surface area contributed by atoms with Crippen LogP contribution in [0, 0.1) is 0 Å². The lowest BCUT2D eigenvalue weighted by Gasteiger charge is -2.20. The number of cyclic esters (lactones) is 1. The van der Waals surface area contributed by atoms with Crippen molar-refractivity contribution in [1.29, 1.82) is 0 Å². The van der Waals surface area contributed by atoms with Crippen LogP contribution in [0.1, 0.15) is 13.3 Å². The van der Waals surface area contributed by atoms with E-state index in [0.717, 1.165) is 0 Å². The Morgan fingerprint density at radius 2 is 2.31 bits per heavy atom. The van der Waals surface area contributed by atoms with Crippen molar-refractivity contribution < 1.29 is 19.4 Å². The van der Waals surface area contributed by atoms with Gasteiger partial charge in [-0.25, -0.2) is 0 Å². The first-order valence-electron chi connectivity index (χ1n) is 4.21. The van der Waals surface area contributed by atoms with Gasteiger partial charge in [-0.2, -0.15) is 0 Å². The number of esters is 1. The second-order valence-corrected chi connectivity index (χ2v) is 3.10. The van der Waals surface area contributed by atoms with Gasteiger partial charge in [-0.1, -0.05) is 0 Å². The van der Waals surface area contributed by atoms with E-state index in [-0.39, 0.29) is 31.4 Å². The van der Waals surface area contributed by atoms with Gasteiger partial charge in [0.25, 0.3) is 5.91 Å². The van der Waals surface area contributed by atoms with E-state index in [2.05, 4.69) is 4.74 Å². The van der Waals surface area contributed by atoms with Crippen LogP contribution in [-0.4, -0.2) is 47.7 Å². The Morgan fingerprint density at radius 3 is 2.92 bits per heavy atom. The highest BCUT2D eigenvalue weighted by atomic mass is 16.5. The first kappa shape index (κ1) is 9.98. The summed E-state index contributed by atoms with van der Waals surface area (Å²) in [6.45, 7) is 1.99. The molecule has 0 aliphatic carbocycles. The molecule has 0 saturated carbocycles. The van der Waals surface area contributed by atoms with Crippen molar-refractivity contribution in [3.63, 3.8) is 0 Å². The summed E-state index contributed by atoms with van der Waals surface area (Å²) in [6, 6.07) is 0. The highest BCUT2D eigenvalue weighted by Gasteiger charge is 2.22. The van der Waals surface area contributed by atoms with Crippen molar-refractivity contribution in [3.05, 3.63) is 0 Å². The Kier molecular flexibility index (Phi) is 3.25. The Labute approximate surface area is 76.3 Å². The molecule has 0 aromatic heterocycles. The first-order valence-corrected chi connectivity index (χ1v) is 4.21. The highest BCUT2D eigenvalue weighted by Crippen LogP contribution is 2.02. The average Bonchev–Trinajstić information content (AvgIpc) is 2.19. The number of amides is 1. The van der Waals surface area contributed by atoms with E-state index in [4.69, 9.17) is 5.11 Å². The summed E-state index contributed by atoms with van der Waals surface area (Å²) in [5.74, 6) is -0.604. The molecule has 1 rings (SSSR count). The molecule has 0 spiro atoms. The van der Waals surface area contributed by atoms with E-state index in [1.165, 1.54) is 4.90 Å². The zero-order chi connectivity index (χ0) is 9.84. The molecule has 1 atom stereocenters. The number of β-amino-alcohol motifs (C(OH)–C–C–N with tert-alkyl or cyclic N) is 1. The van der Waals surface area contributed by atoms with Gasteiger partial charge >= 0.3 is 5.97 Å². The van der Waals surface area contributed by atoms with Gasteiger partial charge in [-0.15, -0.1) is 0 Å². The van der Waals surface area contributed by atoms with Crippen LogP contribution in [0.3, 0.4) is 0 Å². The number of hydrogen-bond acceptors (Lipinski definition) is 4. The molecule has 13 heavy (non-hydrogen) atoms. The molecule has 1 amide bonds. The van der Waals surface area contributed by atoms with E-state index >= 15 is 0 Å². The molecule has 5 heteroatoms. The monoisotopic (exact) mass is 187 g/mol. The molecule has 5 nitrogen and oxygen atoms in total. The van der Waals surface area contributed by atoms with Crippen LogP contribution in [0.4, 0.5) is 0 Å². The lowest BCUT2D eigenvalue weighted by atomic mass is 10.3. The first-order chi connectivity index (χ1) is 6.09. The van der Waals surface area contributed by atoms with E-state index in [9.17, 15) is 9.59 Å². The molecule has 1 N–H and O–H groups in total. The Hall–Kier alpha value is -1.10. The predicted octanol–water partition coefficient (Wildman–Crippen LogP) is -0.857. The SMILES string of the molecule is CC(O)CN1CCC(=O)OCC1=O. The molecule has 1 saturated heterocycles. The maximum atomic E-state index is 11.2. The van der Waals surface area contributed by atoms with Crippen LogP contribution < -0.4 is 0 Å². The minimum absolute atomic E-state index is 0.203. The number of aliphatic hydroxyl groups excluding tert-OH is 1. The van der Waals surface area contributed by atoms with Crippen molar-refractivity contribution >= 4 is 11.9 Å². The number of rotatable bonds is 2. The molecule has 0 aromatic carbocycles. The van der Waals surface area contributed by atoms with Gasteiger partial charge in [0.1, 0.15) is 0 Å². The maximum absolute atomic E-state index is 11.2. The third-order valence-electron chi connectivity index (χ3n) is 1.78. The van der Waals surface area contributed by atoms with Gasteiger partial charge in [0, 0.05) is 13.1 Å². The maximum Gasteiger partial charge on any atom is 0.308 e. The molecule has 1 aliphatic rings. The van der Waals surface area contributed by atoms with Crippen molar-refractivity contribution in [2.75, 3.05) is 19.7 Å². The second kappa shape index (κ2) is 4.23. The third-order valence-corrected chi connectivity index (χ3v) is 1.78. The summed E-state index contributed by atoms with van der Waals surface area (Å²) in [5.41, 5.74) is 0. The largest absolute Gasteiger partial charge is 0.456 e. The van der Waals surface area contributed by atoms with Gasteiger partial charge in [-0.3, -0.25) is 9.59 Å². The molecular weight excluding hydrogens is 174 g/mol. The fraction of sp³-hybridized carbons (Fsp3) is 0.750. The number of hydrogen-bond donors (Lipinski definition) is 1. The summed E-state index contributed by atoms with van der Waals surface area (Å²) in [7, 11) is 0. The molecule has 1 heterocycles. The number of nitrogens with zero attached hydrogens (tertiary/aromatic N) is 1. The summed E-state index contributed by atoms with van der Waals surface area (Å²) >= 11 is 0. The Balaban J connectivity index is 2.52. The van der Waals surface area contributed by atoms with Gasteiger partial charge < -0.3 is 14.7 Å². The number of carbonyl (C=O) groups is 2. The zero-order valence-corrected chi connectivity index (χ0v) is 7.52. The van der Waals surface area contributed by atoms with Crippen LogP contribution in [0.5, 0.6) is 0 Å². The van der Waals surface area contributed by atoms with Crippen molar-refractivity contribution in [3.8, 4) is 0 Å². The average molecular weight is 187 g/mol. The van der Waals surface area contributed by atoms with Gasteiger partial charge in [0.2, 0.25) is 0 Å². The molecule has 74 valence electrons. The molecule has 1 unspecified atom stereocenters. The lowest BCUT2D eigenvalue weighted by Crippen LogP contribution is -2.37. The standard InChI is InChI=1S/C8H13NO4/c1-6(10)4-9-3-2-8(12)13-5-7(9)11/h6,10H,2-5H2,1H3. The van der Waals surface area contributed by atoms with E-state index in [1.807, 2.05) is 0 Å². The predicted molar refractivity (Wildman–Crippen MR) is 43.8 cm³/mol. The van der Waals surface area contributed by atoms with Crippen molar-refractivity contribution in [2.45, 2.75) is 19.4 Å². The number of carbonyl (C=O) groups excluding carboxylic acids is 2. The van der Waals surface area contributed by atoms with Gasteiger partial charge in [-0.05, 0) is 6.92 Å². The van der Waals surface area contributed by atoms with E-state index in [1.54, 1.807) is 6.92 Å². The summed E-state index contributed by atoms with van der Waals surface area (Å²) in [4.78, 5) is 23.5. The molecule has 0 radical (unpaired) electrons.